The second kappa shape index (κ2) is 13.7. The summed E-state index contributed by atoms with van der Waals surface area (Å²) in [6.45, 7) is 14.7. The molecule has 41 heavy (non-hydrogen) atoms. The summed E-state index contributed by atoms with van der Waals surface area (Å²) < 4.78 is 13.0. The Morgan fingerprint density at radius 3 is 1.61 bits per heavy atom. The SMILES string of the molecule is CCCN1CCC2(CCN(B(C)O)CC2)Oc2ccccc21.CCCN1CCC2(CCNCC2)Oc2ccccc21. The van der Waals surface area contributed by atoms with Crippen molar-refractivity contribution in [1.29, 1.82) is 0 Å². The Morgan fingerprint density at radius 2 is 1.15 bits per heavy atom. The van der Waals surface area contributed by atoms with Gasteiger partial charge in [0.25, 0.3) is 0 Å². The summed E-state index contributed by atoms with van der Waals surface area (Å²) in [6.07, 6.45) is 8.78. The van der Waals surface area contributed by atoms with E-state index in [-0.39, 0.29) is 18.3 Å². The smallest absolute Gasteiger partial charge is 0.376 e. The zero-order valence-corrected chi connectivity index (χ0v) is 25.6. The van der Waals surface area contributed by atoms with Crippen molar-refractivity contribution in [3.8, 4) is 11.5 Å². The first-order valence-electron chi connectivity index (χ1n) is 16.2. The number of ether oxygens (including phenoxy) is 2. The molecule has 2 saturated heterocycles. The van der Waals surface area contributed by atoms with E-state index < -0.39 is 0 Å². The van der Waals surface area contributed by atoms with Crippen LogP contribution in [0.1, 0.15) is 65.2 Å². The third-order valence-corrected chi connectivity index (χ3v) is 9.48. The highest BCUT2D eigenvalue weighted by atomic mass is 16.5. The Kier molecular flexibility index (Phi) is 10.0. The number of fused-ring (bicyclic) bond motifs is 2. The molecule has 2 spiro atoms. The second-order valence-corrected chi connectivity index (χ2v) is 12.4. The van der Waals surface area contributed by atoms with Gasteiger partial charge in [-0.3, -0.25) is 0 Å². The van der Waals surface area contributed by atoms with E-state index in [1.807, 2.05) is 6.82 Å². The Labute approximate surface area is 248 Å². The fraction of sp³-hybridized carbons (Fsp3) is 0.636. The van der Waals surface area contributed by atoms with E-state index in [9.17, 15) is 5.02 Å². The zero-order valence-electron chi connectivity index (χ0n) is 25.6. The largest absolute Gasteiger partial charge is 0.485 e. The van der Waals surface area contributed by atoms with Crippen LogP contribution in [0.15, 0.2) is 48.5 Å². The molecule has 4 aliphatic heterocycles. The number of para-hydroxylation sites is 4. The Balaban J connectivity index is 0.000000166. The molecule has 0 radical (unpaired) electrons. The lowest BCUT2D eigenvalue weighted by molar-refractivity contribution is 0.0147. The first kappa shape index (κ1) is 30.1. The van der Waals surface area contributed by atoms with E-state index in [0.717, 1.165) is 109 Å². The van der Waals surface area contributed by atoms with Crippen molar-refractivity contribution in [3.63, 3.8) is 0 Å². The summed E-state index contributed by atoms with van der Waals surface area (Å²) in [4.78, 5) is 7.09. The third-order valence-electron chi connectivity index (χ3n) is 9.48. The fourth-order valence-corrected chi connectivity index (χ4v) is 6.99. The number of anilines is 2. The van der Waals surface area contributed by atoms with Gasteiger partial charge in [0.05, 0.1) is 11.4 Å². The lowest BCUT2D eigenvalue weighted by atomic mass is 9.78. The summed E-state index contributed by atoms with van der Waals surface area (Å²) >= 11 is 0. The number of benzene rings is 2. The molecule has 2 aromatic carbocycles. The quantitative estimate of drug-likeness (QED) is 0.471. The standard InChI is InChI=1S/C17H27BN2O2.C16H24N2O/c1-3-11-19-12-8-17(9-13-20(14-10-17)18(2)21)22-16-7-5-4-6-15(16)19;1-2-12-18-13-9-16(7-10-17-11-8-16)19-15-6-4-3-5-14(15)18/h4-7,21H,3,8-14H2,1-2H3;3-6,17H,2,7-13H2,1H3. The van der Waals surface area contributed by atoms with Gasteiger partial charge in [-0.25, -0.2) is 0 Å². The van der Waals surface area contributed by atoms with E-state index in [4.69, 9.17) is 9.47 Å². The van der Waals surface area contributed by atoms with Crippen molar-refractivity contribution in [2.45, 2.75) is 83.2 Å². The molecular formula is C33H51BN4O3. The van der Waals surface area contributed by atoms with Gasteiger partial charge < -0.3 is 34.4 Å². The predicted molar refractivity (Wildman–Crippen MR) is 171 cm³/mol. The van der Waals surface area contributed by atoms with Gasteiger partial charge >= 0.3 is 7.05 Å². The minimum absolute atomic E-state index is 0.0594. The lowest BCUT2D eigenvalue weighted by Gasteiger charge is -2.41. The molecule has 0 atom stereocenters. The van der Waals surface area contributed by atoms with Gasteiger partial charge in [0.1, 0.15) is 22.7 Å². The van der Waals surface area contributed by atoms with Crippen molar-refractivity contribution in [2.75, 3.05) is 62.2 Å². The predicted octanol–water partition coefficient (Wildman–Crippen LogP) is 5.44. The van der Waals surface area contributed by atoms with Crippen LogP contribution in [-0.2, 0) is 0 Å². The summed E-state index contributed by atoms with van der Waals surface area (Å²) in [6, 6.07) is 17.0. The molecule has 0 saturated carbocycles. The molecule has 0 aliphatic carbocycles. The second-order valence-electron chi connectivity index (χ2n) is 12.4. The highest BCUT2D eigenvalue weighted by Crippen LogP contribution is 2.41. The normalized spacial score (nSPS) is 21.4. The Morgan fingerprint density at radius 1 is 0.707 bits per heavy atom. The maximum Gasteiger partial charge on any atom is 0.376 e. The Hall–Kier alpha value is -2.42. The van der Waals surface area contributed by atoms with Crippen molar-refractivity contribution >= 4 is 18.4 Å². The molecule has 0 bridgehead atoms. The van der Waals surface area contributed by atoms with Crippen molar-refractivity contribution in [3.05, 3.63) is 48.5 Å². The van der Waals surface area contributed by atoms with Crippen LogP contribution in [0.4, 0.5) is 11.4 Å². The molecule has 6 rings (SSSR count). The van der Waals surface area contributed by atoms with Crippen LogP contribution in [0.5, 0.6) is 11.5 Å². The molecule has 0 amide bonds. The van der Waals surface area contributed by atoms with Crippen LogP contribution in [0.2, 0.25) is 6.82 Å². The minimum Gasteiger partial charge on any atom is -0.485 e. The van der Waals surface area contributed by atoms with Gasteiger partial charge in [0, 0.05) is 39.0 Å². The molecule has 8 heteroatoms. The van der Waals surface area contributed by atoms with E-state index in [1.54, 1.807) is 0 Å². The first-order chi connectivity index (χ1) is 20.0. The molecular weight excluding hydrogens is 511 g/mol. The van der Waals surface area contributed by atoms with Crippen LogP contribution in [0.3, 0.4) is 0 Å². The van der Waals surface area contributed by atoms with Crippen LogP contribution in [0, 0.1) is 0 Å². The molecule has 2 aromatic rings. The van der Waals surface area contributed by atoms with Gasteiger partial charge in [-0.1, -0.05) is 38.1 Å². The summed E-state index contributed by atoms with van der Waals surface area (Å²) in [7, 11) is -0.355. The molecule has 4 heterocycles. The number of hydrogen-bond acceptors (Lipinski definition) is 7. The topological polar surface area (TPSA) is 60.4 Å². The molecule has 0 aromatic heterocycles. The molecule has 4 aliphatic rings. The number of nitrogens with one attached hydrogen (secondary N) is 1. The molecule has 224 valence electrons. The van der Waals surface area contributed by atoms with Gasteiger partial charge in [0.2, 0.25) is 0 Å². The monoisotopic (exact) mass is 562 g/mol. The zero-order chi connectivity index (χ0) is 28.7. The number of rotatable bonds is 5. The van der Waals surface area contributed by atoms with Gasteiger partial charge in [-0.2, -0.15) is 0 Å². The van der Waals surface area contributed by atoms with Crippen LogP contribution in [0.25, 0.3) is 0 Å². The molecule has 0 unspecified atom stereocenters. The highest BCUT2D eigenvalue weighted by Gasteiger charge is 2.41. The average Bonchev–Trinajstić information content (AvgIpc) is 3.23. The van der Waals surface area contributed by atoms with Gasteiger partial charge in [0.15, 0.2) is 0 Å². The molecule has 2 N–H and O–H groups in total. The number of nitrogens with zero attached hydrogens (tertiary/aromatic N) is 3. The minimum atomic E-state index is -0.355. The fourth-order valence-electron chi connectivity index (χ4n) is 6.99. The van der Waals surface area contributed by atoms with Crippen molar-refractivity contribution in [2.24, 2.45) is 0 Å². The summed E-state index contributed by atoms with van der Waals surface area (Å²) in [5, 5.41) is 13.2. The van der Waals surface area contributed by atoms with E-state index in [1.165, 1.54) is 17.8 Å². The van der Waals surface area contributed by atoms with Gasteiger partial charge in [-0.05, 0) is 95.8 Å². The van der Waals surface area contributed by atoms with E-state index in [2.05, 4.69) is 82.3 Å². The van der Waals surface area contributed by atoms with Crippen LogP contribution < -0.4 is 24.6 Å². The third kappa shape index (κ3) is 7.15. The van der Waals surface area contributed by atoms with Crippen LogP contribution in [-0.4, -0.2) is 80.4 Å². The lowest BCUT2D eigenvalue weighted by Crippen LogP contribution is -2.52. The Bertz CT molecular complexity index is 1100. The number of piperidine rings is 2. The van der Waals surface area contributed by atoms with Crippen molar-refractivity contribution in [1.82, 2.24) is 10.1 Å². The van der Waals surface area contributed by atoms with Gasteiger partial charge in [-0.15, -0.1) is 0 Å². The summed E-state index contributed by atoms with van der Waals surface area (Å²) in [5.41, 5.74) is 2.51. The summed E-state index contributed by atoms with van der Waals surface area (Å²) in [5.74, 6) is 2.11. The van der Waals surface area contributed by atoms with Crippen molar-refractivity contribution < 1.29 is 14.5 Å². The highest BCUT2D eigenvalue weighted by molar-refractivity contribution is 6.45. The number of hydrogen-bond donors (Lipinski definition) is 2. The molecule has 2 fully saturated rings. The maximum absolute atomic E-state index is 9.77. The average molecular weight is 563 g/mol. The molecule has 7 nitrogen and oxygen atoms in total. The van der Waals surface area contributed by atoms with E-state index >= 15 is 0 Å². The first-order valence-corrected chi connectivity index (χ1v) is 16.2. The maximum atomic E-state index is 9.77. The van der Waals surface area contributed by atoms with Crippen LogP contribution >= 0.6 is 0 Å². The van der Waals surface area contributed by atoms with E-state index in [0.29, 0.717) is 0 Å².